The molecule has 1 aliphatic rings. The number of hydrogen-bond acceptors (Lipinski definition) is 4. The lowest BCUT2D eigenvalue weighted by Gasteiger charge is -2.25. The molecule has 138 valence electrons. The van der Waals surface area contributed by atoms with Crippen molar-refractivity contribution >= 4 is 39.2 Å². The van der Waals surface area contributed by atoms with Gasteiger partial charge in [-0.05, 0) is 41.8 Å². The van der Waals surface area contributed by atoms with Crippen LogP contribution in [0.5, 0.6) is 0 Å². The summed E-state index contributed by atoms with van der Waals surface area (Å²) in [6, 6.07) is 15.7. The number of allylic oxidation sites excluding steroid dienone is 1. The number of aliphatic hydroxyl groups excluding tert-OH is 1. The van der Waals surface area contributed by atoms with Crippen LogP contribution in [0.15, 0.2) is 59.1 Å². The third-order valence-corrected chi connectivity index (χ3v) is 5.32. The van der Waals surface area contributed by atoms with Gasteiger partial charge in [-0.15, -0.1) is 0 Å². The highest BCUT2D eigenvalue weighted by molar-refractivity contribution is 9.10. The highest BCUT2D eigenvalue weighted by Gasteiger charge is 2.26. The number of rotatable bonds is 5. The second-order valence-corrected chi connectivity index (χ2v) is 7.62. The molecule has 0 bridgehead atoms. The van der Waals surface area contributed by atoms with E-state index < -0.39 is 0 Å². The Morgan fingerprint density at radius 1 is 1.15 bits per heavy atom. The molecule has 7 heteroatoms. The fourth-order valence-electron chi connectivity index (χ4n) is 3.11. The minimum atomic E-state index is -0.163. The number of aromatic nitrogens is 3. The first-order valence-corrected chi connectivity index (χ1v) is 9.88. The molecule has 2 aromatic carbocycles. The van der Waals surface area contributed by atoms with E-state index in [2.05, 4.69) is 37.4 Å². The molecule has 3 aromatic rings. The van der Waals surface area contributed by atoms with Gasteiger partial charge in [-0.2, -0.15) is 10.1 Å². The van der Waals surface area contributed by atoms with Gasteiger partial charge in [0.25, 0.3) is 0 Å². The molecule has 1 atom stereocenters. The zero-order valence-electron chi connectivity index (χ0n) is 14.4. The number of aliphatic hydroxyl groups is 1. The molecular formula is C20H18BrClN4O. The van der Waals surface area contributed by atoms with Crippen LogP contribution in [-0.4, -0.2) is 26.5 Å². The van der Waals surface area contributed by atoms with Crippen molar-refractivity contribution in [2.75, 3.05) is 11.9 Å². The molecule has 0 saturated carbocycles. The second-order valence-electron chi connectivity index (χ2n) is 6.30. The molecule has 27 heavy (non-hydrogen) atoms. The largest absolute Gasteiger partial charge is 0.396 e. The standard InChI is InChI=1S/C20H18BrClN4O/c21-14-9-7-13(8-10-14)17-12-18(15-4-1-2-5-16(15)22)26-20(23-17)24-19(25-26)6-3-11-27/h1-2,4-5,7-10,12,18,27H,3,6,11H2,(H,23,24,25)/t18-/m1/s1. The normalized spacial score (nSPS) is 15.8. The monoisotopic (exact) mass is 444 g/mol. The topological polar surface area (TPSA) is 63.0 Å². The lowest BCUT2D eigenvalue weighted by atomic mass is 10.0. The molecule has 1 aliphatic heterocycles. The molecule has 0 radical (unpaired) electrons. The molecule has 0 fully saturated rings. The molecular weight excluding hydrogens is 428 g/mol. The molecule has 0 spiro atoms. The van der Waals surface area contributed by atoms with E-state index >= 15 is 0 Å². The molecule has 2 heterocycles. The van der Waals surface area contributed by atoms with Gasteiger partial charge in [0.1, 0.15) is 6.04 Å². The van der Waals surface area contributed by atoms with E-state index in [-0.39, 0.29) is 12.6 Å². The minimum Gasteiger partial charge on any atom is -0.396 e. The van der Waals surface area contributed by atoms with Gasteiger partial charge in [0.2, 0.25) is 5.95 Å². The van der Waals surface area contributed by atoms with Crippen molar-refractivity contribution in [2.24, 2.45) is 0 Å². The Balaban J connectivity index is 1.79. The molecule has 1 aromatic heterocycles. The highest BCUT2D eigenvalue weighted by atomic mass is 79.9. The Morgan fingerprint density at radius 3 is 2.67 bits per heavy atom. The maximum atomic E-state index is 9.10. The first-order chi connectivity index (χ1) is 13.2. The molecule has 0 unspecified atom stereocenters. The van der Waals surface area contributed by atoms with E-state index in [1.54, 1.807) is 0 Å². The molecule has 0 aliphatic carbocycles. The molecule has 4 rings (SSSR count). The number of anilines is 1. The summed E-state index contributed by atoms with van der Waals surface area (Å²) in [6.45, 7) is 0.119. The van der Waals surface area contributed by atoms with Gasteiger partial charge >= 0.3 is 0 Å². The number of nitrogens with one attached hydrogen (secondary N) is 1. The molecule has 0 saturated heterocycles. The Morgan fingerprint density at radius 2 is 1.93 bits per heavy atom. The van der Waals surface area contributed by atoms with E-state index in [4.69, 9.17) is 16.7 Å². The zero-order chi connectivity index (χ0) is 18.8. The number of nitrogens with zero attached hydrogens (tertiary/aromatic N) is 3. The lowest BCUT2D eigenvalue weighted by Crippen LogP contribution is -2.20. The summed E-state index contributed by atoms with van der Waals surface area (Å²) < 4.78 is 2.88. The van der Waals surface area contributed by atoms with Crippen molar-refractivity contribution in [2.45, 2.75) is 18.9 Å². The minimum absolute atomic E-state index is 0.119. The summed E-state index contributed by atoms with van der Waals surface area (Å²) in [5, 5.41) is 17.8. The van der Waals surface area contributed by atoms with Crippen LogP contribution in [-0.2, 0) is 6.42 Å². The quantitative estimate of drug-likeness (QED) is 0.599. The van der Waals surface area contributed by atoms with Gasteiger partial charge in [0.15, 0.2) is 5.82 Å². The first kappa shape index (κ1) is 18.2. The zero-order valence-corrected chi connectivity index (χ0v) is 16.8. The van der Waals surface area contributed by atoms with Gasteiger partial charge in [-0.25, -0.2) is 4.68 Å². The summed E-state index contributed by atoms with van der Waals surface area (Å²) in [4.78, 5) is 4.62. The third-order valence-electron chi connectivity index (χ3n) is 4.45. The van der Waals surface area contributed by atoms with Crippen molar-refractivity contribution in [1.29, 1.82) is 0 Å². The average molecular weight is 446 g/mol. The van der Waals surface area contributed by atoms with Gasteiger partial charge in [-0.1, -0.05) is 57.9 Å². The van der Waals surface area contributed by atoms with Crippen molar-refractivity contribution in [3.8, 4) is 0 Å². The van der Waals surface area contributed by atoms with Crippen LogP contribution < -0.4 is 5.32 Å². The van der Waals surface area contributed by atoms with E-state index in [0.717, 1.165) is 21.3 Å². The molecule has 0 amide bonds. The van der Waals surface area contributed by atoms with Gasteiger partial charge in [0.05, 0.1) is 0 Å². The summed E-state index contributed by atoms with van der Waals surface area (Å²) in [7, 11) is 0. The Bertz CT molecular complexity index is 984. The van der Waals surface area contributed by atoms with Crippen molar-refractivity contribution in [3.05, 3.63) is 81.1 Å². The predicted octanol–water partition coefficient (Wildman–Crippen LogP) is 4.67. The van der Waals surface area contributed by atoms with Crippen LogP contribution in [0.1, 0.15) is 29.4 Å². The number of benzene rings is 2. The Labute approximate surface area is 170 Å². The SMILES string of the molecule is OCCCc1nc2n(n1)[C@@H](c1ccccc1Cl)C=C(c1ccc(Br)cc1)N2. The smallest absolute Gasteiger partial charge is 0.226 e. The van der Waals surface area contributed by atoms with Crippen molar-refractivity contribution < 1.29 is 5.11 Å². The fourth-order valence-corrected chi connectivity index (χ4v) is 3.63. The van der Waals surface area contributed by atoms with Gasteiger partial charge in [-0.3, -0.25) is 0 Å². The van der Waals surface area contributed by atoms with Crippen LogP contribution in [0.25, 0.3) is 5.70 Å². The van der Waals surface area contributed by atoms with Crippen molar-refractivity contribution in [3.63, 3.8) is 0 Å². The van der Waals surface area contributed by atoms with E-state index in [1.807, 2.05) is 53.2 Å². The second kappa shape index (κ2) is 7.84. The Hall–Kier alpha value is -2.15. The number of fused-ring (bicyclic) bond motifs is 1. The maximum Gasteiger partial charge on any atom is 0.226 e. The fraction of sp³-hybridized carbons (Fsp3) is 0.200. The maximum absolute atomic E-state index is 9.10. The summed E-state index contributed by atoms with van der Waals surface area (Å²) >= 11 is 9.96. The number of halogens is 2. The van der Waals surface area contributed by atoms with Crippen molar-refractivity contribution in [1.82, 2.24) is 14.8 Å². The summed E-state index contributed by atoms with van der Waals surface area (Å²) in [6.07, 6.45) is 3.37. The van der Waals surface area contributed by atoms with Crippen LogP contribution in [0.2, 0.25) is 5.02 Å². The Kier molecular flexibility index (Phi) is 5.29. The lowest BCUT2D eigenvalue weighted by molar-refractivity contribution is 0.287. The van der Waals surface area contributed by atoms with Crippen LogP contribution in [0.4, 0.5) is 5.95 Å². The summed E-state index contributed by atoms with van der Waals surface area (Å²) in [5.74, 6) is 1.38. The van der Waals surface area contributed by atoms with Crippen LogP contribution >= 0.6 is 27.5 Å². The van der Waals surface area contributed by atoms with Gasteiger partial charge < -0.3 is 10.4 Å². The average Bonchev–Trinajstić information content (AvgIpc) is 3.09. The van der Waals surface area contributed by atoms with Crippen LogP contribution in [0.3, 0.4) is 0 Å². The number of hydrogen-bond donors (Lipinski definition) is 2. The summed E-state index contributed by atoms with van der Waals surface area (Å²) in [5.41, 5.74) is 2.98. The molecule has 5 nitrogen and oxygen atoms in total. The molecule has 2 N–H and O–H groups in total. The number of aryl methyl sites for hydroxylation is 1. The van der Waals surface area contributed by atoms with Gasteiger partial charge in [0, 0.05) is 28.2 Å². The predicted molar refractivity (Wildman–Crippen MR) is 111 cm³/mol. The van der Waals surface area contributed by atoms with E-state index in [1.165, 1.54) is 0 Å². The van der Waals surface area contributed by atoms with E-state index in [9.17, 15) is 0 Å². The first-order valence-electron chi connectivity index (χ1n) is 8.71. The van der Waals surface area contributed by atoms with Crippen LogP contribution in [0, 0.1) is 0 Å². The van der Waals surface area contributed by atoms with E-state index in [0.29, 0.717) is 29.6 Å². The highest BCUT2D eigenvalue weighted by Crippen LogP contribution is 2.35. The third kappa shape index (κ3) is 3.78.